The van der Waals surface area contributed by atoms with E-state index in [0.717, 1.165) is 32.3 Å². The fourth-order valence-electron chi connectivity index (χ4n) is 3.33. The predicted molar refractivity (Wildman–Crippen MR) is 118 cm³/mol. The normalized spacial score (nSPS) is 11.0. The van der Waals surface area contributed by atoms with Crippen molar-refractivity contribution in [3.8, 4) is 5.69 Å². The first-order valence-corrected chi connectivity index (χ1v) is 10.5. The average molecular weight is 424 g/mol. The molecule has 8 heteroatoms. The number of halogens is 1. The van der Waals surface area contributed by atoms with E-state index in [-0.39, 0.29) is 18.1 Å². The summed E-state index contributed by atoms with van der Waals surface area (Å²) in [4.78, 5) is 16.9. The second-order valence-corrected chi connectivity index (χ2v) is 7.98. The van der Waals surface area contributed by atoms with Crippen LogP contribution in [0.15, 0.2) is 48.5 Å². The third-order valence-electron chi connectivity index (χ3n) is 4.88. The van der Waals surface area contributed by atoms with Crippen LogP contribution in [-0.4, -0.2) is 33.8 Å². The number of aryl methyl sites for hydroxylation is 1. The van der Waals surface area contributed by atoms with E-state index in [2.05, 4.69) is 20.7 Å². The number of amides is 1. The van der Waals surface area contributed by atoms with Crippen molar-refractivity contribution in [2.24, 2.45) is 0 Å². The summed E-state index contributed by atoms with van der Waals surface area (Å²) in [5.74, 6) is -0.444. The maximum atomic E-state index is 14.1. The van der Waals surface area contributed by atoms with E-state index in [0.29, 0.717) is 18.8 Å². The first-order valence-electron chi connectivity index (χ1n) is 9.69. The summed E-state index contributed by atoms with van der Waals surface area (Å²) in [5.41, 5.74) is 3.64. The molecule has 2 aromatic heterocycles. The quantitative estimate of drug-likeness (QED) is 0.441. The Morgan fingerprint density at radius 2 is 1.87 bits per heavy atom. The van der Waals surface area contributed by atoms with Gasteiger partial charge in [-0.15, -0.1) is 0 Å². The van der Waals surface area contributed by atoms with Gasteiger partial charge in [0.05, 0.1) is 22.3 Å². The Bertz CT molecular complexity index is 1170. The zero-order valence-corrected chi connectivity index (χ0v) is 17.6. The summed E-state index contributed by atoms with van der Waals surface area (Å²) in [6.45, 7) is 4.75. The van der Waals surface area contributed by atoms with E-state index in [9.17, 15) is 9.18 Å². The van der Waals surface area contributed by atoms with Crippen LogP contribution >= 0.6 is 11.3 Å². The molecule has 2 heterocycles. The van der Waals surface area contributed by atoms with Crippen molar-refractivity contribution in [1.82, 2.24) is 20.1 Å². The van der Waals surface area contributed by atoms with Crippen LogP contribution in [0.4, 0.5) is 9.52 Å². The van der Waals surface area contributed by atoms with Crippen molar-refractivity contribution in [1.29, 1.82) is 0 Å². The van der Waals surface area contributed by atoms with E-state index in [1.165, 1.54) is 6.07 Å². The molecule has 0 aliphatic heterocycles. The van der Waals surface area contributed by atoms with E-state index < -0.39 is 0 Å². The molecule has 0 fully saturated rings. The van der Waals surface area contributed by atoms with Gasteiger partial charge in [0.15, 0.2) is 5.13 Å². The highest BCUT2D eigenvalue weighted by Crippen LogP contribution is 2.25. The standard InChI is InChI=1S/C22H22FN5OS/c1-14-16(15(2)28(27-14)19-9-5-3-7-17(19)23)13-21(29)24-11-12-25-22-26-18-8-4-6-10-20(18)30-22/h3-10H,11-13H2,1-2H3,(H,24,29)(H,25,26). The predicted octanol–water partition coefficient (Wildman–Crippen LogP) is 4.01. The van der Waals surface area contributed by atoms with Crippen molar-refractivity contribution in [2.75, 3.05) is 18.4 Å². The number of para-hydroxylation sites is 2. The number of thiazole rings is 1. The Labute approximate surface area is 177 Å². The van der Waals surface area contributed by atoms with Crippen LogP contribution < -0.4 is 10.6 Å². The van der Waals surface area contributed by atoms with Crippen LogP contribution in [0.2, 0.25) is 0 Å². The SMILES string of the molecule is Cc1nn(-c2ccccc2F)c(C)c1CC(=O)NCCNc1nc2ccccc2s1. The number of aromatic nitrogens is 3. The molecular weight excluding hydrogens is 401 g/mol. The number of nitrogens with zero attached hydrogens (tertiary/aromatic N) is 3. The average Bonchev–Trinajstić information content (AvgIpc) is 3.27. The minimum Gasteiger partial charge on any atom is -0.360 e. The van der Waals surface area contributed by atoms with Crippen molar-refractivity contribution >= 4 is 32.6 Å². The van der Waals surface area contributed by atoms with Gasteiger partial charge in [-0.05, 0) is 38.1 Å². The number of hydrogen-bond acceptors (Lipinski definition) is 5. The molecule has 0 aliphatic rings. The Balaban J connectivity index is 1.33. The second kappa shape index (κ2) is 8.62. The molecule has 0 saturated heterocycles. The molecule has 4 aromatic rings. The van der Waals surface area contributed by atoms with Crippen LogP contribution in [0, 0.1) is 19.7 Å². The highest BCUT2D eigenvalue weighted by molar-refractivity contribution is 7.22. The maximum Gasteiger partial charge on any atom is 0.224 e. The van der Waals surface area contributed by atoms with Gasteiger partial charge in [-0.3, -0.25) is 4.79 Å². The smallest absolute Gasteiger partial charge is 0.224 e. The molecule has 0 bridgehead atoms. The number of fused-ring (bicyclic) bond motifs is 1. The van der Waals surface area contributed by atoms with Crippen molar-refractivity contribution < 1.29 is 9.18 Å². The fraction of sp³-hybridized carbons (Fsp3) is 0.227. The van der Waals surface area contributed by atoms with Gasteiger partial charge in [0.25, 0.3) is 0 Å². The molecule has 2 N–H and O–H groups in total. The van der Waals surface area contributed by atoms with E-state index in [1.54, 1.807) is 34.2 Å². The monoisotopic (exact) mass is 423 g/mol. The van der Waals surface area contributed by atoms with Gasteiger partial charge in [0, 0.05) is 24.3 Å². The lowest BCUT2D eigenvalue weighted by atomic mass is 10.1. The molecule has 0 unspecified atom stereocenters. The second-order valence-electron chi connectivity index (χ2n) is 6.95. The summed E-state index contributed by atoms with van der Waals surface area (Å²) >= 11 is 1.59. The highest BCUT2D eigenvalue weighted by Gasteiger charge is 2.17. The summed E-state index contributed by atoms with van der Waals surface area (Å²) in [6, 6.07) is 14.4. The van der Waals surface area contributed by atoms with Crippen LogP contribution in [0.3, 0.4) is 0 Å². The van der Waals surface area contributed by atoms with Crippen molar-refractivity contribution in [2.45, 2.75) is 20.3 Å². The van der Waals surface area contributed by atoms with E-state index in [1.807, 2.05) is 38.1 Å². The minimum absolute atomic E-state index is 0.0969. The highest BCUT2D eigenvalue weighted by atomic mass is 32.1. The minimum atomic E-state index is -0.347. The largest absolute Gasteiger partial charge is 0.360 e. The Kier molecular flexibility index (Phi) is 5.76. The molecule has 0 spiro atoms. The lowest BCUT2D eigenvalue weighted by Gasteiger charge is -2.08. The molecule has 0 aliphatic carbocycles. The maximum absolute atomic E-state index is 14.1. The number of carbonyl (C=O) groups is 1. The Morgan fingerprint density at radius 3 is 2.67 bits per heavy atom. The molecule has 0 atom stereocenters. The summed E-state index contributed by atoms with van der Waals surface area (Å²) < 4.78 is 16.8. The molecule has 2 aromatic carbocycles. The molecule has 0 radical (unpaired) electrons. The van der Waals surface area contributed by atoms with Crippen LogP contribution in [0.5, 0.6) is 0 Å². The summed E-state index contributed by atoms with van der Waals surface area (Å²) in [5, 5.41) is 11.4. The van der Waals surface area contributed by atoms with E-state index in [4.69, 9.17) is 0 Å². The third-order valence-corrected chi connectivity index (χ3v) is 5.87. The first-order chi connectivity index (χ1) is 14.5. The Morgan fingerprint density at radius 1 is 1.10 bits per heavy atom. The van der Waals surface area contributed by atoms with E-state index >= 15 is 0 Å². The lowest BCUT2D eigenvalue weighted by Crippen LogP contribution is -2.30. The molecule has 1 amide bonds. The number of nitrogens with one attached hydrogen (secondary N) is 2. The van der Waals surface area contributed by atoms with Crippen LogP contribution in [-0.2, 0) is 11.2 Å². The first kappa shape index (κ1) is 20.0. The van der Waals surface area contributed by atoms with Gasteiger partial charge in [-0.2, -0.15) is 5.10 Å². The molecule has 6 nitrogen and oxygen atoms in total. The Hall–Kier alpha value is -3.26. The molecular formula is C22H22FN5OS. The number of anilines is 1. The molecule has 4 rings (SSSR count). The van der Waals surface area contributed by atoms with Gasteiger partial charge in [0.2, 0.25) is 5.91 Å². The van der Waals surface area contributed by atoms with Crippen molar-refractivity contribution in [3.05, 3.63) is 71.3 Å². The molecule has 30 heavy (non-hydrogen) atoms. The van der Waals surface area contributed by atoms with Gasteiger partial charge < -0.3 is 10.6 Å². The van der Waals surface area contributed by atoms with Crippen molar-refractivity contribution in [3.63, 3.8) is 0 Å². The van der Waals surface area contributed by atoms with Crippen LogP contribution in [0.1, 0.15) is 17.0 Å². The summed E-state index contributed by atoms with van der Waals surface area (Å²) in [7, 11) is 0. The van der Waals surface area contributed by atoms with Gasteiger partial charge >= 0.3 is 0 Å². The molecule has 0 saturated carbocycles. The zero-order chi connectivity index (χ0) is 21.1. The number of rotatable bonds is 7. The number of hydrogen-bond donors (Lipinski definition) is 2. The topological polar surface area (TPSA) is 71.8 Å². The van der Waals surface area contributed by atoms with Gasteiger partial charge in [0.1, 0.15) is 11.5 Å². The van der Waals surface area contributed by atoms with Crippen LogP contribution in [0.25, 0.3) is 15.9 Å². The lowest BCUT2D eigenvalue weighted by molar-refractivity contribution is -0.120. The number of benzene rings is 2. The fourth-order valence-corrected chi connectivity index (χ4v) is 4.22. The third kappa shape index (κ3) is 4.18. The summed E-state index contributed by atoms with van der Waals surface area (Å²) in [6.07, 6.45) is 0.202. The number of carbonyl (C=O) groups excluding carboxylic acids is 1. The zero-order valence-electron chi connectivity index (χ0n) is 16.8. The van der Waals surface area contributed by atoms with Gasteiger partial charge in [-0.25, -0.2) is 14.1 Å². The molecule has 154 valence electrons. The van der Waals surface area contributed by atoms with Gasteiger partial charge in [-0.1, -0.05) is 35.6 Å².